The lowest BCUT2D eigenvalue weighted by molar-refractivity contribution is -0.138. The van der Waals surface area contributed by atoms with Crippen LogP contribution in [0.2, 0.25) is 0 Å². The maximum Gasteiger partial charge on any atom is 0.330 e. The van der Waals surface area contributed by atoms with E-state index in [4.69, 9.17) is 9.47 Å². The number of esters is 1. The maximum atomic E-state index is 12.1. The first-order valence-corrected chi connectivity index (χ1v) is 8.40. The monoisotopic (exact) mass is 274 g/mol. The second-order valence-electron chi connectivity index (χ2n) is 3.92. The molecule has 0 heterocycles. The molecular formula is C13H23O4P. The molecule has 0 bridgehead atoms. The molecule has 0 unspecified atom stereocenters. The van der Waals surface area contributed by atoms with Crippen LogP contribution in [0.5, 0.6) is 0 Å². The molecule has 0 N–H and O–H groups in total. The Hall–Kier alpha value is -1.02. The molecule has 0 aromatic heterocycles. The molecule has 0 spiro atoms. The van der Waals surface area contributed by atoms with Crippen molar-refractivity contribution in [2.24, 2.45) is 0 Å². The van der Waals surface area contributed by atoms with Gasteiger partial charge < -0.3 is 14.0 Å². The van der Waals surface area contributed by atoms with Gasteiger partial charge in [-0.1, -0.05) is 27.0 Å². The van der Waals surface area contributed by atoms with Crippen molar-refractivity contribution in [3.8, 4) is 0 Å². The molecule has 0 aromatic rings. The highest BCUT2D eigenvalue weighted by molar-refractivity contribution is 7.63. The highest BCUT2D eigenvalue weighted by atomic mass is 31.2. The summed E-state index contributed by atoms with van der Waals surface area (Å²) in [5, 5.41) is 0. The van der Waals surface area contributed by atoms with Crippen molar-refractivity contribution in [3.63, 3.8) is 0 Å². The van der Waals surface area contributed by atoms with E-state index in [1.165, 1.54) is 0 Å². The van der Waals surface area contributed by atoms with E-state index in [9.17, 15) is 9.36 Å². The van der Waals surface area contributed by atoms with Crippen LogP contribution in [0.3, 0.4) is 0 Å². The number of hydrogen-bond acceptors (Lipinski definition) is 4. The predicted molar refractivity (Wildman–Crippen MR) is 74.4 cm³/mol. The van der Waals surface area contributed by atoms with E-state index in [1.807, 2.05) is 13.8 Å². The fourth-order valence-corrected chi connectivity index (χ4v) is 3.06. The third-order valence-corrected chi connectivity index (χ3v) is 6.10. The van der Waals surface area contributed by atoms with Crippen LogP contribution in [0.4, 0.5) is 0 Å². The van der Waals surface area contributed by atoms with Gasteiger partial charge in [-0.2, -0.15) is 0 Å². The van der Waals surface area contributed by atoms with Crippen molar-refractivity contribution in [1.29, 1.82) is 0 Å². The molecule has 0 rings (SSSR count). The summed E-state index contributed by atoms with van der Waals surface area (Å²) in [6, 6.07) is 0. The number of ether oxygens (including phenoxy) is 2. The lowest BCUT2D eigenvalue weighted by Crippen LogP contribution is -2.08. The van der Waals surface area contributed by atoms with Gasteiger partial charge in [0.25, 0.3) is 0 Å². The van der Waals surface area contributed by atoms with Crippen molar-refractivity contribution in [2.45, 2.75) is 20.3 Å². The summed E-state index contributed by atoms with van der Waals surface area (Å²) < 4.78 is 22.2. The minimum absolute atomic E-state index is 0.170. The third kappa shape index (κ3) is 7.33. The molecule has 0 aliphatic heterocycles. The lowest BCUT2D eigenvalue weighted by Gasteiger charge is -2.15. The van der Waals surface area contributed by atoms with E-state index in [2.05, 4.69) is 13.2 Å². The predicted octanol–water partition coefficient (Wildman–Crippen LogP) is 3.04. The number of rotatable bonds is 10. The number of carbonyl (C=O) groups excluding carboxylic acids is 1. The van der Waals surface area contributed by atoms with Gasteiger partial charge in [0.2, 0.25) is 0 Å². The minimum atomic E-state index is -2.03. The molecular weight excluding hydrogens is 251 g/mol. The van der Waals surface area contributed by atoms with Crippen LogP contribution >= 0.6 is 7.14 Å². The second-order valence-corrected chi connectivity index (χ2v) is 7.75. The normalized spacial score (nSPS) is 10.8. The van der Waals surface area contributed by atoms with Gasteiger partial charge in [0.05, 0.1) is 12.9 Å². The van der Waals surface area contributed by atoms with E-state index in [-0.39, 0.29) is 13.2 Å². The van der Waals surface area contributed by atoms with Crippen LogP contribution in [0.1, 0.15) is 20.3 Å². The minimum Gasteiger partial charge on any atom is -0.495 e. The molecule has 0 atom stereocenters. The van der Waals surface area contributed by atoms with Gasteiger partial charge in [-0.3, -0.25) is 0 Å². The first-order chi connectivity index (χ1) is 8.47. The molecule has 0 aromatic carbocycles. The van der Waals surface area contributed by atoms with Crippen molar-refractivity contribution in [2.75, 3.05) is 31.7 Å². The lowest BCUT2D eigenvalue weighted by atomic mass is 10.4. The molecule has 0 radical (unpaired) electrons. The van der Waals surface area contributed by atoms with Crippen molar-refractivity contribution >= 4 is 13.1 Å². The number of carbonyl (C=O) groups is 1. The van der Waals surface area contributed by atoms with Crippen LogP contribution in [-0.4, -0.2) is 37.7 Å². The summed E-state index contributed by atoms with van der Waals surface area (Å²) in [5.41, 5.74) is 0. The van der Waals surface area contributed by atoms with Crippen LogP contribution in [0.25, 0.3) is 0 Å². The topological polar surface area (TPSA) is 52.6 Å². The largest absolute Gasteiger partial charge is 0.495 e. The van der Waals surface area contributed by atoms with Crippen LogP contribution in [0, 0.1) is 0 Å². The molecule has 104 valence electrons. The maximum absolute atomic E-state index is 12.1. The summed E-state index contributed by atoms with van der Waals surface area (Å²) in [6.45, 7) is 11.4. The number of hydrogen-bond donors (Lipinski definition) is 0. The van der Waals surface area contributed by atoms with Gasteiger partial charge in [-0.25, -0.2) is 4.79 Å². The Labute approximate surface area is 109 Å². The Bertz CT molecular complexity index is 328. The van der Waals surface area contributed by atoms with E-state index in [0.29, 0.717) is 30.7 Å². The summed E-state index contributed by atoms with van der Waals surface area (Å²) in [5.74, 6) is 0.123. The third-order valence-electron chi connectivity index (χ3n) is 2.75. The molecule has 18 heavy (non-hydrogen) atoms. The highest BCUT2D eigenvalue weighted by Crippen LogP contribution is 2.45. The summed E-state index contributed by atoms with van der Waals surface area (Å²) in [6.07, 6.45) is 3.76. The first-order valence-electron chi connectivity index (χ1n) is 6.14. The molecule has 0 saturated heterocycles. The fourth-order valence-electron chi connectivity index (χ4n) is 1.33. The van der Waals surface area contributed by atoms with Crippen molar-refractivity contribution in [3.05, 3.63) is 25.0 Å². The molecule has 0 fully saturated rings. The van der Waals surface area contributed by atoms with Crippen molar-refractivity contribution in [1.82, 2.24) is 0 Å². The van der Waals surface area contributed by atoms with Gasteiger partial charge in [-0.05, 0) is 12.3 Å². The standard InChI is InChI=1S/C13H23O4P/c1-5-13(14)17-10-9-16-12(4)8-11-18(15,6-2)7-3/h5H,1,4,6-11H2,2-3H3. The Kier molecular flexibility index (Phi) is 8.47. The zero-order valence-electron chi connectivity index (χ0n) is 11.3. The quantitative estimate of drug-likeness (QED) is 0.202. The van der Waals surface area contributed by atoms with Gasteiger partial charge in [0.1, 0.15) is 13.2 Å². The SMILES string of the molecule is C=CC(=O)OCCOC(=C)CCP(=O)(CC)CC. The smallest absolute Gasteiger partial charge is 0.330 e. The molecule has 0 saturated carbocycles. The average molecular weight is 274 g/mol. The molecule has 0 aliphatic carbocycles. The summed E-state index contributed by atoms with van der Waals surface area (Å²) in [4.78, 5) is 10.7. The van der Waals surface area contributed by atoms with E-state index in [0.717, 1.165) is 6.08 Å². The Morgan fingerprint density at radius 3 is 2.28 bits per heavy atom. The molecule has 0 aliphatic rings. The van der Waals surface area contributed by atoms with Gasteiger partial charge >= 0.3 is 5.97 Å². The fraction of sp³-hybridized carbons (Fsp3) is 0.615. The molecule has 0 amide bonds. The van der Waals surface area contributed by atoms with Crippen LogP contribution in [-0.2, 0) is 18.8 Å². The van der Waals surface area contributed by atoms with Gasteiger partial charge in [0, 0.05) is 18.7 Å². The van der Waals surface area contributed by atoms with E-state index in [1.54, 1.807) is 0 Å². The number of allylic oxidation sites excluding steroid dienone is 1. The Morgan fingerprint density at radius 1 is 1.22 bits per heavy atom. The van der Waals surface area contributed by atoms with Crippen molar-refractivity contribution < 1.29 is 18.8 Å². The molecule has 4 nitrogen and oxygen atoms in total. The first kappa shape index (κ1) is 17.0. The zero-order chi connectivity index (χ0) is 14.0. The van der Waals surface area contributed by atoms with E-state index >= 15 is 0 Å². The average Bonchev–Trinajstić information content (AvgIpc) is 2.40. The zero-order valence-corrected chi connectivity index (χ0v) is 12.2. The summed E-state index contributed by atoms with van der Waals surface area (Å²) in [7, 11) is -2.03. The van der Waals surface area contributed by atoms with Crippen LogP contribution < -0.4 is 0 Å². The second kappa shape index (κ2) is 8.98. The highest BCUT2D eigenvalue weighted by Gasteiger charge is 2.17. The van der Waals surface area contributed by atoms with E-state index < -0.39 is 13.1 Å². The van der Waals surface area contributed by atoms with Gasteiger partial charge in [0.15, 0.2) is 0 Å². The Balaban J connectivity index is 3.76. The summed E-state index contributed by atoms with van der Waals surface area (Å²) >= 11 is 0. The van der Waals surface area contributed by atoms with Gasteiger partial charge in [-0.15, -0.1) is 0 Å². The Morgan fingerprint density at radius 2 is 1.78 bits per heavy atom. The molecule has 5 heteroatoms. The van der Waals surface area contributed by atoms with Crippen LogP contribution in [0.15, 0.2) is 25.0 Å².